The van der Waals surface area contributed by atoms with Gasteiger partial charge in [-0.15, -0.1) is 11.6 Å². The second-order valence-corrected chi connectivity index (χ2v) is 11.7. The average molecular weight is 764 g/mol. The largest absolute Gasteiger partial charge is 0.493 e. The van der Waals surface area contributed by atoms with Gasteiger partial charge in [-0.3, -0.25) is 19.2 Å². The molecule has 4 N–H and O–H groups in total. The first-order chi connectivity index (χ1) is 25.4. The average Bonchev–Trinajstić information content (AvgIpc) is 3.13. The van der Waals surface area contributed by atoms with Crippen molar-refractivity contribution < 1.29 is 51.3 Å². The fourth-order valence-electron chi connectivity index (χ4n) is 4.83. The predicted octanol–water partition coefficient (Wildman–Crippen LogP) is 5.38. The Hall–Kier alpha value is -4.86. The molecule has 53 heavy (non-hydrogen) atoms. The number of ether oxygens (including phenoxy) is 4. The van der Waals surface area contributed by atoms with Crippen LogP contribution in [0.4, 0.5) is 24.5 Å². The van der Waals surface area contributed by atoms with E-state index in [0.29, 0.717) is 29.3 Å². The smallest absolute Gasteiger partial charge is 0.416 e. The highest BCUT2D eigenvalue weighted by molar-refractivity contribution is 6.29. The SMILES string of the molecule is COc1ccc(CC[CH]c2cccc(NC(=O)CCOCCOCCNC(=O)CCNC(=O)c3cc(NC(=O)CCl)cc(C(F)(F)F)c3)c2)cc1OC. The third-order valence-corrected chi connectivity index (χ3v) is 7.65. The lowest BCUT2D eigenvalue weighted by atomic mass is 10.0. The molecule has 0 unspecified atom stereocenters. The fourth-order valence-corrected chi connectivity index (χ4v) is 4.89. The second-order valence-electron chi connectivity index (χ2n) is 11.4. The molecule has 0 atom stereocenters. The van der Waals surface area contributed by atoms with E-state index in [-0.39, 0.29) is 69.5 Å². The van der Waals surface area contributed by atoms with Gasteiger partial charge < -0.3 is 40.2 Å². The zero-order valence-corrected chi connectivity index (χ0v) is 30.2. The molecule has 3 rings (SSSR count). The highest BCUT2D eigenvalue weighted by Gasteiger charge is 2.32. The Balaban J connectivity index is 1.23. The van der Waals surface area contributed by atoms with E-state index in [0.717, 1.165) is 30.0 Å². The number of hydrogen-bond acceptors (Lipinski definition) is 8. The molecular formula is C37H43ClF3N4O8. The summed E-state index contributed by atoms with van der Waals surface area (Å²) in [4.78, 5) is 48.4. The van der Waals surface area contributed by atoms with Gasteiger partial charge in [0.2, 0.25) is 17.7 Å². The van der Waals surface area contributed by atoms with Crippen LogP contribution in [0.5, 0.6) is 11.5 Å². The number of benzene rings is 3. The van der Waals surface area contributed by atoms with E-state index in [1.165, 1.54) is 0 Å². The highest BCUT2D eigenvalue weighted by atomic mass is 35.5. The van der Waals surface area contributed by atoms with Crippen LogP contribution < -0.4 is 30.7 Å². The van der Waals surface area contributed by atoms with Crippen molar-refractivity contribution in [3.05, 3.63) is 89.3 Å². The maximum absolute atomic E-state index is 13.3. The van der Waals surface area contributed by atoms with Crippen molar-refractivity contribution in [2.75, 3.05) is 70.3 Å². The van der Waals surface area contributed by atoms with Crippen LogP contribution >= 0.6 is 11.6 Å². The van der Waals surface area contributed by atoms with Gasteiger partial charge in [0.15, 0.2) is 11.5 Å². The van der Waals surface area contributed by atoms with E-state index in [1.54, 1.807) is 14.2 Å². The van der Waals surface area contributed by atoms with Crippen LogP contribution in [-0.2, 0) is 36.5 Å². The first-order valence-electron chi connectivity index (χ1n) is 16.6. The maximum atomic E-state index is 13.3. The van der Waals surface area contributed by atoms with Gasteiger partial charge >= 0.3 is 6.18 Å². The molecule has 0 aliphatic heterocycles. The number of alkyl halides is 4. The summed E-state index contributed by atoms with van der Waals surface area (Å²) < 4.78 is 61.3. The Bertz CT molecular complexity index is 1680. The van der Waals surface area contributed by atoms with Crippen LogP contribution in [0.1, 0.15) is 46.3 Å². The highest BCUT2D eigenvalue weighted by Crippen LogP contribution is 2.32. The molecule has 12 nitrogen and oxygen atoms in total. The van der Waals surface area contributed by atoms with Gasteiger partial charge in [-0.2, -0.15) is 13.2 Å². The Morgan fingerprint density at radius 3 is 2.19 bits per heavy atom. The topological polar surface area (TPSA) is 153 Å². The zero-order valence-electron chi connectivity index (χ0n) is 29.4. The number of amides is 4. The zero-order chi connectivity index (χ0) is 38.6. The molecule has 0 bridgehead atoms. The molecule has 4 amide bonds. The van der Waals surface area contributed by atoms with Gasteiger partial charge in [-0.1, -0.05) is 18.2 Å². The normalized spacial score (nSPS) is 11.1. The molecule has 16 heteroatoms. The number of anilines is 2. The van der Waals surface area contributed by atoms with E-state index in [2.05, 4.69) is 27.7 Å². The predicted molar refractivity (Wildman–Crippen MR) is 193 cm³/mol. The van der Waals surface area contributed by atoms with E-state index >= 15 is 0 Å². The maximum Gasteiger partial charge on any atom is 0.416 e. The molecular weight excluding hydrogens is 721 g/mol. The van der Waals surface area contributed by atoms with Crippen molar-refractivity contribution in [2.24, 2.45) is 0 Å². The molecule has 0 heterocycles. The first kappa shape index (κ1) is 42.6. The number of carbonyl (C=O) groups is 4. The van der Waals surface area contributed by atoms with Gasteiger partial charge in [0.05, 0.1) is 52.6 Å². The third kappa shape index (κ3) is 15.7. The van der Waals surface area contributed by atoms with Gasteiger partial charge in [0.1, 0.15) is 5.88 Å². The van der Waals surface area contributed by atoms with E-state index < -0.39 is 35.3 Å². The van der Waals surface area contributed by atoms with Crippen molar-refractivity contribution >= 4 is 46.6 Å². The lowest BCUT2D eigenvalue weighted by molar-refractivity contribution is -0.137. The Morgan fingerprint density at radius 1 is 0.736 bits per heavy atom. The summed E-state index contributed by atoms with van der Waals surface area (Å²) >= 11 is 5.39. The molecule has 0 saturated heterocycles. The van der Waals surface area contributed by atoms with Crippen molar-refractivity contribution in [3.8, 4) is 11.5 Å². The minimum absolute atomic E-state index is 0.130. The number of rotatable bonds is 22. The van der Waals surface area contributed by atoms with Crippen LogP contribution in [-0.4, -0.2) is 83.2 Å². The molecule has 0 fully saturated rings. The number of methoxy groups -OCH3 is 2. The molecule has 287 valence electrons. The molecule has 0 aromatic heterocycles. The molecule has 0 saturated carbocycles. The number of aryl methyl sites for hydroxylation is 1. The van der Waals surface area contributed by atoms with Gasteiger partial charge in [0.25, 0.3) is 5.91 Å². The summed E-state index contributed by atoms with van der Waals surface area (Å²) in [6.07, 6.45) is -1.03. The van der Waals surface area contributed by atoms with E-state index in [9.17, 15) is 32.3 Å². The number of halogens is 4. The summed E-state index contributed by atoms with van der Waals surface area (Å²) in [5.74, 6) is -1.30. The van der Waals surface area contributed by atoms with Crippen molar-refractivity contribution in [1.29, 1.82) is 0 Å². The van der Waals surface area contributed by atoms with Gasteiger partial charge in [-0.25, -0.2) is 0 Å². The standard InChI is InChI=1S/C37H43ClF3N4O8/c1-50-31-10-9-26(20-32(31)51-2)6-3-5-25-7-4-8-29(19-25)44-34(47)12-15-52-17-18-53-16-14-42-33(46)11-13-43-36(49)27-21-28(37(39,40)41)23-30(22-27)45-35(48)24-38/h4-5,7-10,19-23H,3,6,11-18,24H2,1-2H3,(H,42,46)(H,43,49)(H,44,47)(H,45,48). The Labute approximate surface area is 311 Å². The van der Waals surface area contributed by atoms with Crippen LogP contribution in [0.3, 0.4) is 0 Å². The quantitative estimate of drug-likeness (QED) is 0.0786. The van der Waals surface area contributed by atoms with E-state index in [4.69, 9.17) is 30.5 Å². The summed E-state index contributed by atoms with van der Waals surface area (Å²) in [6, 6.07) is 15.8. The van der Waals surface area contributed by atoms with Crippen molar-refractivity contribution in [3.63, 3.8) is 0 Å². The summed E-state index contributed by atoms with van der Waals surface area (Å²) in [7, 11) is 3.20. The van der Waals surface area contributed by atoms with Crippen molar-refractivity contribution in [2.45, 2.75) is 31.9 Å². The first-order valence-corrected chi connectivity index (χ1v) is 17.2. The van der Waals surface area contributed by atoms with Crippen LogP contribution in [0.15, 0.2) is 60.7 Å². The lowest BCUT2D eigenvalue weighted by Crippen LogP contribution is -2.32. The fraction of sp³-hybridized carbons (Fsp3) is 0.378. The summed E-state index contributed by atoms with van der Waals surface area (Å²) in [6.45, 7) is 0.893. The Kier molecular flexibility index (Phi) is 17.9. The van der Waals surface area contributed by atoms with Crippen molar-refractivity contribution in [1.82, 2.24) is 10.6 Å². The molecule has 1 radical (unpaired) electrons. The van der Waals surface area contributed by atoms with Crippen LogP contribution in [0.25, 0.3) is 0 Å². The molecule has 0 aliphatic carbocycles. The number of hydrogen-bond donors (Lipinski definition) is 4. The van der Waals surface area contributed by atoms with Gasteiger partial charge in [-0.05, 0) is 72.9 Å². The summed E-state index contributed by atoms with van der Waals surface area (Å²) in [5, 5.41) is 10.1. The minimum Gasteiger partial charge on any atom is -0.493 e. The Morgan fingerprint density at radius 2 is 1.47 bits per heavy atom. The number of nitrogens with one attached hydrogen (secondary N) is 4. The molecule has 3 aromatic carbocycles. The molecule has 0 aliphatic rings. The monoisotopic (exact) mass is 763 g/mol. The third-order valence-electron chi connectivity index (χ3n) is 7.41. The molecule has 3 aromatic rings. The van der Waals surface area contributed by atoms with Crippen LogP contribution in [0, 0.1) is 6.42 Å². The minimum atomic E-state index is -4.76. The van der Waals surface area contributed by atoms with Crippen LogP contribution in [0.2, 0.25) is 0 Å². The van der Waals surface area contributed by atoms with E-state index in [1.807, 2.05) is 42.5 Å². The molecule has 0 spiro atoms. The number of carbonyl (C=O) groups excluding carboxylic acids is 4. The lowest BCUT2D eigenvalue weighted by Gasteiger charge is -2.13. The van der Waals surface area contributed by atoms with Gasteiger partial charge in [0, 0.05) is 36.4 Å². The summed E-state index contributed by atoms with van der Waals surface area (Å²) in [5.41, 5.74) is 1.07. The second kappa shape index (κ2) is 22.3.